The Morgan fingerprint density at radius 1 is 1.32 bits per heavy atom. The molecule has 1 atom stereocenters. The lowest BCUT2D eigenvalue weighted by atomic mass is 9.89. The summed E-state index contributed by atoms with van der Waals surface area (Å²) in [7, 11) is 3.91. The van der Waals surface area contributed by atoms with Crippen LogP contribution in [0, 0.1) is 5.41 Å². The van der Waals surface area contributed by atoms with Gasteiger partial charge in [-0.25, -0.2) is 0 Å². The van der Waals surface area contributed by atoms with Crippen LogP contribution in [-0.4, -0.2) is 38.7 Å². The molecule has 4 heteroatoms. The second-order valence-corrected chi connectivity index (χ2v) is 5.76. The number of halogens is 1. The fraction of sp³-hybridized carbons (Fsp3) is 0.600. The van der Waals surface area contributed by atoms with E-state index in [0.717, 1.165) is 31.9 Å². The van der Waals surface area contributed by atoms with E-state index in [1.54, 1.807) is 7.11 Å². The number of rotatable bonds is 5. The van der Waals surface area contributed by atoms with E-state index in [1.165, 1.54) is 12.0 Å². The van der Waals surface area contributed by atoms with E-state index in [-0.39, 0.29) is 12.4 Å². The van der Waals surface area contributed by atoms with Gasteiger partial charge in [0.1, 0.15) is 5.75 Å². The maximum absolute atomic E-state index is 5.18. The number of hydrogen-bond acceptors (Lipinski definition) is 3. The summed E-state index contributed by atoms with van der Waals surface area (Å²) >= 11 is 0. The van der Waals surface area contributed by atoms with Crippen molar-refractivity contribution in [1.29, 1.82) is 0 Å². The van der Waals surface area contributed by atoms with Gasteiger partial charge in [0.25, 0.3) is 0 Å². The summed E-state index contributed by atoms with van der Waals surface area (Å²) in [5.41, 5.74) is 1.77. The van der Waals surface area contributed by atoms with Crippen LogP contribution >= 0.6 is 12.4 Å². The smallest absolute Gasteiger partial charge is 0.118 e. The first-order valence-corrected chi connectivity index (χ1v) is 6.63. The zero-order chi connectivity index (χ0) is 13.0. The summed E-state index contributed by atoms with van der Waals surface area (Å²) in [5.74, 6) is 0.924. The molecule has 0 aromatic heterocycles. The van der Waals surface area contributed by atoms with E-state index in [4.69, 9.17) is 4.74 Å². The van der Waals surface area contributed by atoms with Crippen molar-refractivity contribution < 1.29 is 4.74 Å². The van der Waals surface area contributed by atoms with Crippen molar-refractivity contribution >= 4 is 12.4 Å². The third-order valence-corrected chi connectivity index (χ3v) is 3.72. The molecule has 0 saturated carbocycles. The van der Waals surface area contributed by atoms with Gasteiger partial charge in [-0.05, 0) is 43.1 Å². The van der Waals surface area contributed by atoms with E-state index < -0.39 is 0 Å². The predicted octanol–water partition coefficient (Wildman–Crippen LogP) is 2.55. The maximum atomic E-state index is 5.18. The topological polar surface area (TPSA) is 24.5 Å². The van der Waals surface area contributed by atoms with Crippen molar-refractivity contribution in [3.05, 3.63) is 29.8 Å². The van der Waals surface area contributed by atoms with Crippen molar-refractivity contribution in [2.24, 2.45) is 5.41 Å². The SMILES string of the molecule is COc1ccc(CN(C)CC2(C)CCNC2)cc1.Cl. The van der Waals surface area contributed by atoms with Crippen molar-refractivity contribution in [3.63, 3.8) is 0 Å². The molecule has 108 valence electrons. The van der Waals surface area contributed by atoms with Crippen LogP contribution in [0.25, 0.3) is 0 Å². The second-order valence-electron chi connectivity index (χ2n) is 5.76. The van der Waals surface area contributed by atoms with Crippen LogP contribution in [0.15, 0.2) is 24.3 Å². The number of nitrogens with zero attached hydrogens (tertiary/aromatic N) is 1. The fourth-order valence-corrected chi connectivity index (χ4v) is 2.75. The van der Waals surface area contributed by atoms with Crippen molar-refractivity contribution in [2.45, 2.75) is 19.9 Å². The quantitative estimate of drug-likeness (QED) is 0.899. The Kier molecular flexibility index (Phi) is 6.11. The summed E-state index contributed by atoms with van der Waals surface area (Å²) < 4.78 is 5.18. The number of methoxy groups -OCH3 is 1. The summed E-state index contributed by atoms with van der Waals surface area (Å²) in [6.45, 7) is 6.82. The summed E-state index contributed by atoms with van der Waals surface area (Å²) in [4.78, 5) is 2.41. The highest BCUT2D eigenvalue weighted by Gasteiger charge is 2.29. The normalized spacial score (nSPS) is 22.3. The molecule has 0 bridgehead atoms. The van der Waals surface area contributed by atoms with Crippen LogP contribution in [0.2, 0.25) is 0 Å². The van der Waals surface area contributed by atoms with Gasteiger partial charge in [-0.1, -0.05) is 19.1 Å². The lowest BCUT2D eigenvalue weighted by Gasteiger charge is -2.29. The van der Waals surface area contributed by atoms with E-state index in [1.807, 2.05) is 12.1 Å². The average Bonchev–Trinajstić information content (AvgIpc) is 2.76. The molecule has 0 spiro atoms. The molecule has 1 saturated heterocycles. The maximum Gasteiger partial charge on any atom is 0.118 e. The summed E-state index contributed by atoms with van der Waals surface area (Å²) in [6.07, 6.45) is 1.28. The highest BCUT2D eigenvalue weighted by molar-refractivity contribution is 5.85. The molecule has 1 unspecified atom stereocenters. The molecule has 1 aliphatic rings. The number of hydrogen-bond donors (Lipinski definition) is 1. The Bertz CT molecular complexity index is 374. The third kappa shape index (κ3) is 4.68. The van der Waals surface area contributed by atoms with E-state index in [0.29, 0.717) is 5.41 Å². The van der Waals surface area contributed by atoms with Gasteiger partial charge in [0.05, 0.1) is 7.11 Å². The summed E-state index contributed by atoms with van der Waals surface area (Å²) in [6, 6.07) is 8.35. The summed E-state index contributed by atoms with van der Waals surface area (Å²) in [5, 5.41) is 3.45. The van der Waals surface area contributed by atoms with E-state index in [9.17, 15) is 0 Å². The van der Waals surface area contributed by atoms with Crippen LogP contribution < -0.4 is 10.1 Å². The van der Waals surface area contributed by atoms with E-state index >= 15 is 0 Å². The van der Waals surface area contributed by atoms with Gasteiger partial charge >= 0.3 is 0 Å². The van der Waals surface area contributed by atoms with Gasteiger partial charge in [-0.15, -0.1) is 12.4 Å². The molecule has 3 nitrogen and oxygen atoms in total. The molecular formula is C15H25ClN2O. The molecule has 0 amide bonds. The predicted molar refractivity (Wildman–Crippen MR) is 82.2 cm³/mol. The van der Waals surface area contributed by atoms with Crippen LogP contribution in [-0.2, 0) is 6.54 Å². The Balaban J connectivity index is 0.00000180. The van der Waals surface area contributed by atoms with Crippen molar-refractivity contribution in [1.82, 2.24) is 10.2 Å². The molecule has 1 N–H and O–H groups in total. The number of benzene rings is 1. The average molecular weight is 285 g/mol. The highest BCUT2D eigenvalue weighted by Crippen LogP contribution is 2.25. The minimum Gasteiger partial charge on any atom is -0.497 e. The lowest BCUT2D eigenvalue weighted by Crippen LogP contribution is -2.34. The van der Waals surface area contributed by atoms with Gasteiger partial charge in [-0.3, -0.25) is 0 Å². The molecule has 1 aromatic carbocycles. The van der Waals surface area contributed by atoms with Crippen LogP contribution in [0.1, 0.15) is 18.9 Å². The van der Waals surface area contributed by atoms with Crippen LogP contribution in [0.5, 0.6) is 5.75 Å². The fourth-order valence-electron chi connectivity index (χ4n) is 2.75. The van der Waals surface area contributed by atoms with E-state index in [2.05, 4.69) is 36.3 Å². The minimum atomic E-state index is 0. The largest absolute Gasteiger partial charge is 0.497 e. The van der Waals surface area contributed by atoms with Crippen LogP contribution in [0.4, 0.5) is 0 Å². The highest BCUT2D eigenvalue weighted by atomic mass is 35.5. The first-order valence-electron chi connectivity index (χ1n) is 6.63. The van der Waals surface area contributed by atoms with Crippen molar-refractivity contribution in [2.75, 3.05) is 33.8 Å². The zero-order valence-corrected chi connectivity index (χ0v) is 12.9. The van der Waals surface area contributed by atoms with Gasteiger partial charge in [0, 0.05) is 19.6 Å². The third-order valence-electron chi connectivity index (χ3n) is 3.72. The lowest BCUT2D eigenvalue weighted by molar-refractivity contribution is 0.203. The molecule has 1 heterocycles. The number of ether oxygens (including phenoxy) is 1. The first-order chi connectivity index (χ1) is 8.61. The van der Waals surface area contributed by atoms with Gasteiger partial charge < -0.3 is 15.0 Å². The standard InChI is InChI=1S/C15H24N2O.ClH/c1-15(8-9-16-11-15)12-17(2)10-13-4-6-14(18-3)7-5-13;/h4-7,16H,8-12H2,1-3H3;1H. The molecule has 2 rings (SSSR count). The van der Waals surface area contributed by atoms with Gasteiger partial charge in [-0.2, -0.15) is 0 Å². The molecule has 0 aliphatic carbocycles. The zero-order valence-electron chi connectivity index (χ0n) is 12.1. The monoisotopic (exact) mass is 284 g/mol. The van der Waals surface area contributed by atoms with Gasteiger partial charge in [0.15, 0.2) is 0 Å². The van der Waals surface area contributed by atoms with Crippen LogP contribution in [0.3, 0.4) is 0 Å². The molecule has 19 heavy (non-hydrogen) atoms. The number of nitrogens with one attached hydrogen (secondary N) is 1. The molecular weight excluding hydrogens is 260 g/mol. The molecule has 1 aliphatic heterocycles. The molecule has 0 radical (unpaired) electrons. The Morgan fingerprint density at radius 3 is 2.53 bits per heavy atom. The Hall–Kier alpha value is -0.770. The Morgan fingerprint density at radius 2 is 2.00 bits per heavy atom. The molecule has 1 aromatic rings. The first kappa shape index (κ1) is 16.3. The molecule has 1 fully saturated rings. The Labute approximate surface area is 122 Å². The van der Waals surface area contributed by atoms with Gasteiger partial charge in [0.2, 0.25) is 0 Å². The second kappa shape index (κ2) is 7.13. The van der Waals surface area contributed by atoms with Crippen molar-refractivity contribution in [3.8, 4) is 5.75 Å². The minimum absolute atomic E-state index is 0.